The van der Waals surface area contributed by atoms with E-state index in [2.05, 4.69) is 20.6 Å². The van der Waals surface area contributed by atoms with Crippen molar-refractivity contribution in [2.45, 2.75) is 19.8 Å². The Labute approximate surface area is 216 Å². The van der Waals surface area contributed by atoms with E-state index in [1.54, 1.807) is 16.4 Å². The zero-order valence-corrected chi connectivity index (χ0v) is 20.9. The van der Waals surface area contributed by atoms with E-state index in [1.807, 2.05) is 62.4 Å². The molecule has 0 radical (unpaired) electrons. The zero-order valence-electron chi connectivity index (χ0n) is 20.1. The number of rotatable bonds is 7. The largest absolute Gasteiger partial charge is 0.366 e. The third-order valence-corrected chi connectivity index (χ3v) is 7.00. The van der Waals surface area contributed by atoms with Gasteiger partial charge in [0.2, 0.25) is 11.0 Å². The van der Waals surface area contributed by atoms with Gasteiger partial charge in [-0.25, -0.2) is 9.07 Å². The van der Waals surface area contributed by atoms with E-state index in [4.69, 9.17) is 5.73 Å². The number of anilines is 1. The van der Waals surface area contributed by atoms with E-state index in [0.29, 0.717) is 16.3 Å². The van der Waals surface area contributed by atoms with Gasteiger partial charge in [0.1, 0.15) is 11.3 Å². The normalized spacial score (nSPS) is 12.4. The monoisotopic (exact) mass is 514 g/mol. The maximum absolute atomic E-state index is 13.8. The van der Waals surface area contributed by atoms with Gasteiger partial charge in [-0.2, -0.15) is 5.10 Å². The third kappa shape index (κ3) is 4.58. The molecule has 8 nitrogen and oxygen atoms in total. The maximum Gasteiger partial charge on any atom is 0.250 e. The molecule has 0 aliphatic rings. The smallest absolute Gasteiger partial charge is 0.250 e. The Bertz CT molecular complexity index is 1600. The van der Waals surface area contributed by atoms with Crippen molar-refractivity contribution in [2.24, 2.45) is 11.1 Å². The van der Waals surface area contributed by atoms with Crippen LogP contribution in [0.3, 0.4) is 0 Å². The molecule has 2 heterocycles. The fourth-order valence-corrected chi connectivity index (χ4v) is 5.04. The number of amides is 2. The highest BCUT2D eigenvalue weighted by molar-refractivity contribution is 7.13. The van der Waals surface area contributed by atoms with Gasteiger partial charge in [0.15, 0.2) is 0 Å². The molecule has 0 spiro atoms. The lowest BCUT2D eigenvalue weighted by atomic mass is 9.70. The second-order valence-corrected chi connectivity index (χ2v) is 10.00. The van der Waals surface area contributed by atoms with Crippen molar-refractivity contribution in [2.75, 3.05) is 5.32 Å². The van der Waals surface area contributed by atoms with Crippen LogP contribution in [0.25, 0.3) is 16.6 Å². The highest BCUT2D eigenvalue weighted by Crippen LogP contribution is 2.42. The second kappa shape index (κ2) is 9.55. The van der Waals surface area contributed by atoms with Crippen LogP contribution in [-0.4, -0.2) is 31.8 Å². The van der Waals surface area contributed by atoms with Gasteiger partial charge in [0, 0.05) is 11.3 Å². The number of primary amides is 1. The summed E-state index contributed by atoms with van der Waals surface area (Å²) < 4.78 is 15.3. The fourth-order valence-electron chi connectivity index (χ4n) is 4.60. The van der Waals surface area contributed by atoms with Crippen LogP contribution in [-0.2, 0) is 4.79 Å². The number of aromatic nitrogens is 4. The molecular formula is C27H23FN6O2S. The van der Waals surface area contributed by atoms with Gasteiger partial charge in [-0.15, -0.1) is 10.2 Å². The molecule has 0 fully saturated rings. The fraction of sp³-hybridized carbons (Fsp3) is 0.148. The standard InChI is InChI=1S/C27H23FN6O2S/c1-27(2,25(36)32-26-33-30-15-37-26)23(16-6-4-3-5-7-16)17-8-10-21-18(12-17)14-31-34(21)22-11-9-19(28)13-20(22)24(29)35/h3-15,23H,1-2H3,(H2,29,35)(H,32,33,36)/t23-/m0/s1. The van der Waals surface area contributed by atoms with E-state index in [-0.39, 0.29) is 17.4 Å². The molecule has 0 saturated carbocycles. The van der Waals surface area contributed by atoms with E-state index in [1.165, 1.54) is 23.5 Å². The average molecular weight is 515 g/mol. The first-order valence-electron chi connectivity index (χ1n) is 11.5. The number of benzene rings is 3. The summed E-state index contributed by atoms with van der Waals surface area (Å²) in [6, 6.07) is 19.4. The summed E-state index contributed by atoms with van der Waals surface area (Å²) in [6.07, 6.45) is 1.67. The SMILES string of the molecule is CC(C)(C(=O)Nc1nncs1)[C@@H](c1ccccc1)c1ccc2c(cnn2-c2ccc(F)cc2C(N)=O)c1. The van der Waals surface area contributed by atoms with Gasteiger partial charge in [-0.1, -0.05) is 61.6 Å². The quantitative estimate of drug-likeness (QED) is 0.320. The van der Waals surface area contributed by atoms with Crippen LogP contribution in [0.15, 0.2) is 78.4 Å². The summed E-state index contributed by atoms with van der Waals surface area (Å²) in [7, 11) is 0. The number of nitrogens with two attached hydrogens (primary N) is 1. The minimum absolute atomic E-state index is 0.0331. The molecule has 3 aromatic carbocycles. The number of hydrogen-bond donors (Lipinski definition) is 2. The van der Waals surface area contributed by atoms with Crippen molar-refractivity contribution in [3.05, 3.63) is 101 Å². The number of carbonyl (C=O) groups is 2. The van der Waals surface area contributed by atoms with Gasteiger partial charge in [-0.3, -0.25) is 9.59 Å². The van der Waals surface area contributed by atoms with Crippen LogP contribution in [0.5, 0.6) is 0 Å². The summed E-state index contributed by atoms with van der Waals surface area (Å²) in [5.41, 5.74) is 9.19. The predicted octanol–water partition coefficient (Wildman–Crippen LogP) is 4.91. The van der Waals surface area contributed by atoms with Crippen molar-refractivity contribution in [3.8, 4) is 5.69 Å². The number of fused-ring (bicyclic) bond motifs is 1. The molecule has 2 aromatic heterocycles. The Kier molecular flexibility index (Phi) is 6.26. The van der Waals surface area contributed by atoms with Crippen molar-refractivity contribution in [3.63, 3.8) is 0 Å². The minimum Gasteiger partial charge on any atom is -0.366 e. The Hall–Kier alpha value is -4.44. The Morgan fingerprint density at radius 2 is 1.84 bits per heavy atom. The number of carbonyl (C=O) groups excluding carboxylic acids is 2. The van der Waals surface area contributed by atoms with Crippen molar-refractivity contribution in [1.82, 2.24) is 20.0 Å². The van der Waals surface area contributed by atoms with Gasteiger partial charge in [-0.05, 0) is 41.5 Å². The molecule has 186 valence electrons. The Balaban J connectivity index is 1.59. The molecule has 5 rings (SSSR count). The first-order valence-corrected chi connectivity index (χ1v) is 12.3. The molecule has 37 heavy (non-hydrogen) atoms. The molecule has 5 aromatic rings. The van der Waals surface area contributed by atoms with Gasteiger partial charge >= 0.3 is 0 Å². The number of halogens is 1. The molecule has 0 saturated heterocycles. The molecule has 0 unspecified atom stereocenters. The Morgan fingerprint density at radius 3 is 2.54 bits per heavy atom. The summed E-state index contributed by atoms with van der Waals surface area (Å²) in [5.74, 6) is -1.80. The highest BCUT2D eigenvalue weighted by atomic mass is 32.1. The molecule has 1 atom stereocenters. The molecule has 0 aliphatic heterocycles. The second-order valence-electron chi connectivity index (χ2n) is 9.16. The lowest BCUT2D eigenvalue weighted by Crippen LogP contribution is -2.37. The van der Waals surface area contributed by atoms with Crippen molar-refractivity contribution < 1.29 is 14.0 Å². The summed E-state index contributed by atoms with van der Waals surface area (Å²) in [4.78, 5) is 25.4. The molecule has 0 aliphatic carbocycles. The summed E-state index contributed by atoms with van der Waals surface area (Å²) in [5, 5.41) is 16.3. The van der Waals surface area contributed by atoms with Crippen LogP contribution in [0.1, 0.15) is 41.3 Å². The third-order valence-electron chi connectivity index (χ3n) is 6.40. The van der Waals surface area contributed by atoms with E-state index < -0.39 is 17.1 Å². The van der Waals surface area contributed by atoms with E-state index in [9.17, 15) is 14.0 Å². The van der Waals surface area contributed by atoms with Crippen LogP contribution in [0, 0.1) is 11.2 Å². The van der Waals surface area contributed by atoms with Gasteiger partial charge in [0.25, 0.3) is 5.91 Å². The lowest BCUT2D eigenvalue weighted by molar-refractivity contribution is -0.124. The number of hydrogen-bond acceptors (Lipinski definition) is 6. The van der Waals surface area contributed by atoms with Gasteiger partial charge in [0.05, 0.1) is 28.4 Å². The van der Waals surface area contributed by atoms with Crippen molar-refractivity contribution in [1.29, 1.82) is 0 Å². The molecule has 0 bridgehead atoms. The van der Waals surface area contributed by atoms with Gasteiger partial charge < -0.3 is 11.1 Å². The molecule has 2 amide bonds. The first kappa shape index (κ1) is 24.3. The zero-order chi connectivity index (χ0) is 26.2. The summed E-state index contributed by atoms with van der Waals surface area (Å²) >= 11 is 1.26. The topological polar surface area (TPSA) is 116 Å². The number of nitrogens with zero attached hydrogens (tertiary/aromatic N) is 4. The molecule has 3 N–H and O–H groups in total. The highest BCUT2D eigenvalue weighted by Gasteiger charge is 2.39. The minimum atomic E-state index is -0.868. The van der Waals surface area contributed by atoms with Crippen LogP contribution < -0.4 is 11.1 Å². The lowest BCUT2D eigenvalue weighted by Gasteiger charge is -2.33. The first-order chi connectivity index (χ1) is 17.8. The van der Waals surface area contributed by atoms with E-state index in [0.717, 1.165) is 22.6 Å². The van der Waals surface area contributed by atoms with Crippen LogP contribution in [0.4, 0.5) is 9.52 Å². The molecular weight excluding hydrogens is 491 g/mol. The van der Waals surface area contributed by atoms with Crippen molar-refractivity contribution >= 4 is 39.2 Å². The molecule has 10 heteroatoms. The summed E-state index contributed by atoms with van der Waals surface area (Å²) in [6.45, 7) is 3.79. The predicted molar refractivity (Wildman–Crippen MR) is 140 cm³/mol. The average Bonchev–Trinajstić information content (AvgIpc) is 3.54. The maximum atomic E-state index is 13.8. The number of nitrogens with one attached hydrogen (secondary N) is 1. The van der Waals surface area contributed by atoms with Crippen LogP contribution >= 0.6 is 11.3 Å². The van der Waals surface area contributed by atoms with Crippen LogP contribution in [0.2, 0.25) is 0 Å². The van der Waals surface area contributed by atoms with E-state index >= 15 is 0 Å². The Morgan fingerprint density at radius 1 is 1.05 bits per heavy atom.